The van der Waals surface area contributed by atoms with Gasteiger partial charge in [0, 0.05) is 21.1 Å². The first-order valence-electron chi connectivity index (χ1n) is 15.0. The van der Waals surface area contributed by atoms with Gasteiger partial charge in [0.05, 0.1) is 17.6 Å². The molecule has 0 spiro atoms. The van der Waals surface area contributed by atoms with E-state index in [-0.39, 0.29) is 88.2 Å². The number of anilines is 5. The number of aromatic nitrogens is 4. The Morgan fingerprint density at radius 3 is 2.29 bits per heavy atom. The smallest absolute Gasteiger partial charge is 0.300 e. The van der Waals surface area contributed by atoms with Crippen molar-refractivity contribution in [1.29, 1.82) is 0 Å². The Morgan fingerprint density at radius 2 is 1.62 bits per heavy atom. The van der Waals surface area contributed by atoms with E-state index in [1.54, 1.807) is 6.92 Å². The molecular formula is C30H19BrCl3N8O10S3-. The minimum absolute atomic E-state index is 0.000888. The van der Waals surface area contributed by atoms with Gasteiger partial charge in [-0.25, -0.2) is 4.98 Å². The van der Waals surface area contributed by atoms with E-state index in [0.29, 0.717) is 5.69 Å². The van der Waals surface area contributed by atoms with E-state index in [4.69, 9.17) is 44.0 Å². The Labute approximate surface area is 335 Å². The highest BCUT2D eigenvalue weighted by Gasteiger charge is 2.34. The van der Waals surface area contributed by atoms with Gasteiger partial charge in [-0.05, 0) is 94.1 Å². The van der Waals surface area contributed by atoms with Crippen molar-refractivity contribution in [2.24, 2.45) is 4.99 Å². The van der Waals surface area contributed by atoms with Crippen molar-refractivity contribution in [3.05, 3.63) is 73.7 Å². The zero-order valence-corrected chi connectivity index (χ0v) is 33.3. The third-order valence-electron chi connectivity index (χ3n) is 7.64. The van der Waals surface area contributed by atoms with E-state index in [2.05, 4.69) is 56.8 Å². The van der Waals surface area contributed by atoms with Crippen LogP contribution < -0.4 is 26.0 Å². The molecule has 1 aromatic heterocycles. The SMILES string of the molecule is CC(CN=c1ccc2nc3c(Cl)c4c(c(Cl)c3oc-2c1S(=O)(=O)O)Nc1ccc(Br)c(S(=O)(=O)O)c1O4)Nc1nc(Cl)nc(Nc2ccc(S(=O)[O-])cc2)n1. The molecule has 5 N–H and O–H groups in total. The van der Waals surface area contributed by atoms with Crippen molar-refractivity contribution in [3.8, 4) is 23.0 Å². The molecule has 2 unspecified atom stereocenters. The Hall–Kier alpha value is -4.23. The number of benzene rings is 4. The van der Waals surface area contributed by atoms with Gasteiger partial charge in [0.1, 0.15) is 26.9 Å². The lowest BCUT2D eigenvalue weighted by Gasteiger charge is -2.26. The monoisotopic (exact) mass is 931 g/mol. The molecule has 1 aliphatic carbocycles. The first-order valence-corrected chi connectivity index (χ1v) is 20.9. The van der Waals surface area contributed by atoms with E-state index >= 15 is 0 Å². The molecule has 18 nitrogen and oxygen atoms in total. The number of hydrogen-bond acceptors (Lipinski definition) is 16. The van der Waals surface area contributed by atoms with Crippen LogP contribution in [0.25, 0.3) is 22.6 Å². The van der Waals surface area contributed by atoms with Crippen molar-refractivity contribution in [2.75, 3.05) is 22.5 Å². The number of fused-ring (bicyclic) bond motifs is 4. The Balaban J connectivity index is 1.22. The molecule has 7 rings (SSSR count). The summed E-state index contributed by atoms with van der Waals surface area (Å²) in [5.41, 5.74) is 0.110. The zero-order chi connectivity index (χ0) is 39.6. The first kappa shape index (κ1) is 39.0. The van der Waals surface area contributed by atoms with E-state index in [9.17, 15) is 34.7 Å². The van der Waals surface area contributed by atoms with Crippen molar-refractivity contribution in [2.45, 2.75) is 27.7 Å². The van der Waals surface area contributed by atoms with E-state index in [1.165, 1.54) is 48.5 Å². The quantitative estimate of drug-likeness (QED) is 0.0582. The van der Waals surface area contributed by atoms with Crippen LogP contribution in [0.5, 0.6) is 11.5 Å². The molecule has 0 amide bonds. The molecule has 25 heteroatoms. The molecule has 2 aliphatic heterocycles. The Morgan fingerprint density at radius 1 is 0.927 bits per heavy atom. The van der Waals surface area contributed by atoms with Crippen molar-refractivity contribution in [1.82, 2.24) is 19.9 Å². The predicted octanol–water partition coefficient (Wildman–Crippen LogP) is 6.57. The van der Waals surface area contributed by atoms with Gasteiger partial charge in [0.2, 0.25) is 17.2 Å². The van der Waals surface area contributed by atoms with E-state index in [1.807, 2.05) is 0 Å². The summed E-state index contributed by atoms with van der Waals surface area (Å²) in [6.07, 6.45) is 0. The minimum Gasteiger partial charge on any atom is -0.768 e. The fourth-order valence-electron chi connectivity index (χ4n) is 5.33. The van der Waals surface area contributed by atoms with Crippen molar-refractivity contribution < 1.29 is 43.9 Å². The summed E-state index contributed by atoms with van der Waals surface area (Å²) in [4.78, 5) is 19.9. The van der Waals surface area contributed by atoms with Crippen LogP contribution in [-0.4, -0.2) is 67.2 Å². The highest BCUT2D eigenvalue weighted by Crippen LogP contribution is 2.55. The molecule has 286 valence electrons. The summed E-state index contributed by atoms with van der Waals surface area (Å²) < 4.78 is 104. The summed E-state index contributed by atoms with van der Waals surface area (Å²) in [6, 6.07) is 10.6. The van der Waals surface area contributed by atoms with Gasteiger partial charge >= 0.3 is 10.1 Å². The van der Waals surface area contributed by atoms with Crippen molar-refractivity contribution in [3.63, 3.8) is 0 Å². The number of rotatable bonds is 9. The molecule has 3 heterocycles. The second kappa shape index (κ2) is 14.7. The molecule has 2 atom stereocenters. The third-order valence-corrected chi connectivity index (χ3v) is 11.9. The van der Waals surface area contributed by atoms with Gasteiger partial charge in [-0.15, -0.1) is 0 Å². The highest BCUT2D eigenvalue weighted by atomic mass is 79.9. The summed E-state index contributed by atoms with van der Waals surface area (Å²) in [7, 11) is -9.81. The zero-order valence-electron chi connectivity index (χ0n) is 27.0. The Kier molecular flexibility index (Phi) is 10.4. The molecule has 0 radical (unpaired) electrons. The summed E-state index contributed by atoms with van der Waals surface area (Å²) in [6.45, 7) is 1.58. The predicted molar refractivity (Wildman–Crippen MR) is 203 cm³/mol. The second-order valence-electron chi connectivity index (χ2n) is 11.4. The average Bonchev–Trinajstić information content (AvgIpc) is 3.10. The van der Waals surface area contributed by atoms with Crippen LogP contribution in [0.4, 0.5) is 29.0 Å². The number of nitrogens with zero attached hydrogens (tertiary/aromatic N) is 5. The molecule has 0 saturated carbocycles. The summed E-state index contributed by atoms with van der Waals surface area (Å²) in [5, 5.41) is 7.97. The lowest BCUT2D eigenvalue weighted by Crippen LogP contribution is -2.24. The molecule has 3 aliphatic rings. The van der Waals surface area contributed by atoms with Gasteiger partial charge in [-0.2, -0.15) is 31.8 Å². The first-order chi connectivity index (χ1) is 25.9. The number of nitrogens with one attached hydrogen (secondary N) is 3. The largest absolute Gasteiger partial charge is 0.768 e. The fraction of sp³-hybridized carbons (Fsp3) is 0.100. The lowest BCUT2D eigenvalue weighted by molar-refractivity contribution is 0.448. The van der Waals surface area contributed by atoms with Crippen LogP contribution in [0.2, 0.25) is 15.3 Å². The molecule has 0 saturated heterocycles. The maximum Gasteiger partial charge on any atom is 0.300 e. The molecule has 55 heavy (non-hydrogen) atoms. The Bertz CT molecular complexity index is 2870. The number of halogens is 4. The molecular weight excluding hydrogens is 915 g/mol. The van der Waals surface area contributed by atoms with Crippen LogP contribution in [0.15, 0.2) is 77.1 Å². The second-order valence-corrected chi connectivity index (χ2v) is 17.0. The maximum atomic E-state index is 12.8. The summed E-state index contributed by atoms with van der Waals surface area (Å²) >= 11 is 20.2. The van der Waals surface area contributed by atoms with Gasteiger partial charge in [0.15, 0.2) is 32.6 Å². The lowest BCUT2D eigenvalue weighted by atomic mass is 10.1. The third kappa shape index (κ3) is 7.79. The van der Waals surface area contributed by atoms with E-state index < -0.39 is 52.9 Å². The maximum absolute atomic E-state index is 12.8. The fourth-order valence-corrected chi connectivity index (χ4v) is 8.77. The van der Waals surface area contributed by atoms with Gasteiger partial charge in [-0.1, -0.05) is 23.2 Å². The van der Waals surface area contributed by atoms with Crippen LogP contribution in [0.3, 0.4) is 0 Å². The number of ether oxygens (including phenoxy) is 1. The topological polar surface area (TPSA) is 271 Å². The van der Waals surface area contributed by atoms with Crippen LogP contribution in [0.1, 0.15) is 6.92 Å². The molecule has 3 aromatic carbocycles. The molecule has 0 bridgehead atoms. The standard InChI is InChI=1S/C30H20BrCl3N8O10S3/c1-11(36-29-40-28(34)41-30(42-29)37-12-2-4-13(5-3-12)53(43)44)10-35-17-9-8-16-23(27(17)55(48,49)50)52-25-19(33)20-24(18(32)21(25)39-16)51-22-15(38-20)7-6-14(31)26(22)54(45,46)47/h2-9,11,38H,10H2,1H3,(H,43,44)(H,45,46,47)(H,48,49,50)(H2,36,37,40,41,42)/p-1. The normalized spacial score (nSPS) is 14.1. The average molecular weight is 934 g/mol. The van der Waals surface area contributed by atoms with Crippen LogP contribution in [-0.2, 0) is 31.3 Å². The van der Waals surface area contributed by atoms with Gasteiger partial charge in [-0.3, -0.25) is 18.3 Å². The van der Waals surface area contributed by atoms with Crippen LogP contribution in [0, 0.1) is 0 Å². The van der Waals surface area contributed by atoms with Crippen molar-refractivity contribution >= 4 is 122 Å². The van der Waals surface area contributed by atoms with Gasteiger partial charge in [0.25, 0.3) is 10.1 Å². The summed E-state index contributed by atoms with van der Waals surface area (Å²) in [5.74, 6) is -0.815. The molecule has 0 fully saturated rings. The minimum atomic E-state index is -5.03. The highest BCUT2D eigenvalue weighted by molar-refractivity contribution is 9.10. The van der Waals surface area contributed by atoms with Crippen LogP contribution >= 0.6 is 50.7 Å². The van der Waals surface area contributed by atoms with Gasteiger partial charge < -0.3 is 29.7 Å². The molecule has 4 aromatic rings. The number of hydrogen-bond donors (Lipinski definition) is 5. The van der Waals surface area contributed by atoms with E-state index in [0.717, 1.165) is 0 Å².